The average Bonchev–Trinajstić information content (AvgIpc) is 2.63. The van der Waals surface area contributed by atoms with Crippen LogP contribution in [0.25, 0.3) is 0 Å². The van der Waals surface area contributed by atoms with Gasteiger partial charge in [-0.15, -0.1) is 13.2 Å². The van der Waals surface area contributed by atoms with Crippen molar-refractivity contribution in [3.8, 4) is 11.8 Å². The molecule has 27 heavy (non-hydrogen) atoms. The van der Waals surface area contributed by atoms with Crippen LogP contribution in [-0.2, 0) is 13.1 Å². The number of aliphatic imine (C=N–C) groups is 1. The number of guanidine groups is 1. The maximum absolute atomic E-state index is 13.8. The van der Waals surface area contributed by atoms with E-state index in [1.807, 2.05) is 6.07 Å². The first-order chi connectivity index (χ1) is 12.8. The Labute approximate surface area is 153 Å². The first-order valence-corrected chi connectivity index (χ1v) is 7.79. The van der Waals surface area contributed by atoms with E-state index in [9.17, 15) is 17.6 Å². The second-order valence-electron chi connectivity index (χ2n) is 5.35. The highest BCUT2D eigenvalue weighted by Crippen LogP contribution is 2.26. The number of nitriles is 1. The van der Waals surface area contributed by atoms with Gasteiger partial charge in [0.1, 0.15) is 11.6 Å². The van der Waals surface area contributed by atoms with E-state index in [0.29, 0.717) is 5.56 Å². The number of halogens is 4. The molecule has 0 heterocycles. The summed E-state index contributed by atoms with van der Waals surface area (Å²) in [5.74, 6) is -0.555. The molecular weight excluding hydrogens is 364 g/mol. The minimum absolute atomic E-state index is 0.00659. The van der Waals surface area contributed by atoms with Crippen molar-refractivity contribution in [1.82, 2.24) is 10.6 Å². The summed E-state index contributed by atoms with van der Waals surface area (Å²) in [5.41, 5.74) is 0.850. The van der Waals surface area contributed by atoms with Crippen LogP contribution in [0.3, 0.4) is 0 Å². The molecule has 2 rings (SSSR count). The molecule has 0 aliphatic rings. The van der Waals surface area contributed by atoms with E-state index in [1.54, 1.807) is 6.07 Å². The molecule has 0 radical (unpaired) electrons. The number of ether oxygens (including phenoxy) is 1. The zero-order chi connectivity index (χ0) is 19.9. The molecule has 0 atom stereocenters. The normalized spacial score (nSPS) is 11.6. The number of nitrogens with one attached hydrogen (secondary N) is 2. The van der Waals surface area contributed by atoms with Gasteiger partial charge in [-0.2, -0.15) is 5.26 Å². The Balaban J connectivity index is 2.00. The van der Waals surface area contributed by atoms with E-state index in [0.717, 1.165) is 0 Å². The zero-order valence-electron chi connectivity index (χ0n) is 14.3. The topological polar surface area (TPSA) is 69.4 Å². The monoisotopic (exact) mass is 380 g/mol. The van der Waals surface area contributed by atoms with Crippen molar-refractivity contribution in [2.24, 2.45) is 4.99 Å². The van der Waals surface area contributed by atoms with Crippen LogP contribution >= 0.6 is 0 Å². The molecule has 0 saturated carbocycles. The van der Waals surface area contributed by atoms with E-state index in [1.165, 1.54) is 43.4 Å². The lowest BCUT2D eigenvalue weighted by Crippen LogP contribution is -2.36. The second kappa shape index (κ2) is 8.89. The van der Waals surface area contributed by atoms with Crippen molar-refractivity contribution >= 4 is 5.96 Å². The Morgan fingerprint density at radius 1 is 1.11 bits per heavy atom. The van der Waals surface area contributed by atoms with Gasteiger partial charge >= 0.3 is 6.36 Å². The van der Waals surface area contributed by atoms with Crippen LogP contribution in [0.5, 0.6) is 5.75 Å². The number of hydrogen-bond donors (Lipinski definition) is 2. The largest absolute Gasteiger partial charge is 0.573 e. The summed E-state index contributed by atoms with van der Waals surface area (Å²) in [6.07, 6.45) is -4.79. The van der Waals surface area contributed by atoms with Crippen LogP contribution in [0.1, 0.15) is 16.7 Å². The number of alkyl halides is 3. The fourth-order valence-corrected chi connectivity index (χ4v) is 2.23. The van der Waals surface area contributed by atoms with E-state index in [-0.39, 0.29) is 35.9 Å². The highest BCUT2D eigenvalue weighted by molar-refractivity contribution is 5.79. The highest BCUT2D eigenvalue weighted by Gasteiger charge is 2.31. The third-order valence-electron chi connectivity index (χ3n) is 3.49. The lowest BCUT2D eigenvalue weighted by atomic mass is 10.1. The van der Waals surface area contributed by atoms with Gasteiger partial charge in [0.2, 0.25) is 0 Å². The SMILES string of the molecule is CN=C(NCc1cc(C#N)ccc1F)NCc1ccccc1OC(F)(F)F. The molecule has 0 aliphatic carbocycles. The molecule has 0 saturated heterocycles. The molecule has 9 heteroatoms. The van der Waals surface area contributed by atoms with Gasteiger partial charge in [0.25, 0.3) is 0 Å². The molecule has 0 aliphatic heterocycles. The van der Waals surface area contributed by atoms with Gasteiger partial charge in [-0.1, -0.05) is 18.2 Å². The summed E-state index contributed by atoms with van der Waals surface area (Å²) in [5, 5.41) is 14.5. The second-order valence-corrected chi connectivity index (χ2v) is 5.35. The summed E-state index contributed by atoms with van der Waals surface area (Å²) in [6.45, 7) is 0.0500. The average molecular weight is 380 g/mol. The van der Waals surface area contributed by atoms with Gasteiger partial charge in [0.05, 0.1) is 11.6 Å². The highest BCUT2D eigenvalue weighted by atomic mass is 19.4. The first-order valence-electron chi connectivity index (χ1n) is 7.79. The van der Waals surface area contributed by atoms with Gasteiger partial charge < -0.3 is 15.4 Å². The molecule has 0 fully saturated rings. The Morgan fingerprint density at radius 2 is 1.78 bits per heavy atom. The number of nitrogens with zero attached hydrogens (tertiary/aromatic N) is 2. The first kappa shape index (κ1) is 20.0. The molecule has 0 bridgehead atoms. The molecule has 2 aromatic carbocycles. The van der Waals surface area contributed by atoms with Crippen LogP contribution in [0.2, 0.25) is 0 Å². The van der Waals surface area contributed by atoms with Crippen molar-refractivity contribution in [2.45, 2.75) is 19.5 Å². The number of benzene rings is 2. The summed E-state index contributed by atoms with van der Waals surface area (Å²) >= 11 is 0. The van der Waals surface area contributed by atoms with E-state index >= 15 is 0 Å². The van der Waals surface area contributed by atoms with Gasteiger partial charge in [0.15, 0.2) is 5.96 Å². The molecule has 0 amide bonds. The third-order valence-corrected chi connectivity index (χ3v) is 3.49. The van der Waals surface area contributed by atoms with Crippen molar-refractivity contribution in [1.29, 1.82) is 5.26 Å². The minimum atomic E-state index is -4.79. The van der Waals surface area contributed by atoms with Crippen molar-refractivity contribution in [3.05, 3.63) is 65.0 Å². The summed E-state index contributed by atoms with van der Waals surface area (Å²) in [4.78, 5) is 3.94. The fraction of sp³-hybridized carbons (Fsp3) is 0.222. The third kappa shape index (κ3) is 6.18. The zero-order valence-corrected chi connectivity index (χ0v) is 14.3. The van der Waals surface area contributed by atoms with Gasteiger partial charge in [-0.3, -0.25) is 4.99 Å². The summed E-state index contributed by atoms with van der Waals surface area (Å²) < 4.78 is 55.1. The van der Waals surface area contributed by atoms with Gasteiger partial charge in [0, 0.05) is 31.3 Å². The molecule has 0 aromatic heterocycles. The maximum Gasteiger partial charge on any atom is 0.573 e. The Morgan fingerprint density at radius 3 is 2.41 bits per heavy atom. The smallest absolute Gasteiger partial charge is 0.405 e. The van der Waals surface area contributed by atoms with E-state index in [2.05, 4.69) is 20.4 Å². The number of rotatable bonds is 5. The van der Waals surface area contributed by atoms with Crippen LogP contribution in [0.4, 0.5) is 17.6 Å². The summed E-state index contributed by atoms with van der Waals surface area (Å²) in [6, 6.07) is 11.6. The fourth-order valence-electron chi connectivity index (χ4n) is 2.23. The molecule has 0 unspecified atom stereocenters. The lowest BCUT2D eigenvalue weighted by molar-refractivity contribution is -0.274. The molecule has 0 spiro atoms. The Kier molecular flexibility index (Phi) is 6.60. The van der Waals surface area contributed by atoms with E-state index < -0.39 is 12.2 Å². The predicted molar refractivity (Wildman–Crippen MR) is 91.3 cm³/mol. The predicted octanol–water partition coefficient (Wildman–Crippen LogP) is 3.46. The van der Waals surface area contributed by atoms with Crippen LogP contribution in [0.15, 0.2) is 47.5 Å². The van der Waals surface area contributed by atoms with Crippen LogP contribution in [0, 0.1) is 17.1 Å². The molecule has 5 nitrogen and oxygen atoms in total. The van der Waals surface area contributed by atoms with Gasteiger partial charge in [-0.25, -0.2) is 4.39 Å². The maximum atomic E-state index is 13.8. The Bertz CT molecular complexity index is 859. The molecular formula is C18H16F4N4O. The van der Waals surface area contributed by atoms with Crippen molar-refractivity contribution in [3.63, 3.8) is 0 Å². The quantitative estimate of drug-likeness (QED) is 0.474. The Hall–Kier alpha value is -3.28. The number of para-hydroxylation sites is 1. The number of hydrogen-bond acceptors (Lipinski definition) is 3. The lowest BCUT2D eigenvalue weighted by Gasteiger charge is -2.16. The standard InChI is InChI=1S/C18H16F4N4O/c1-24-17(26-11-14-8-12(9-23)6-7-15(14)19)25-10-13-4-2-3-5-16(13)27-18(20,21)22/h2-8H,10-11H2,1H3,(H2,24,25,26). The summed E-state index contributed by atoms with van der Waals surface area (Å²) in [7, 11) is 1.47. The van der Waals surface area contributed by atoms with Crippen molar-refractivity contribution < 1.29 is 22.3 Å². The van der Waals surface area contributed by atoms with E-state index in [4.69, 9.17) is 5.26 Å². The minimum Gasteiger partial charge on any atom is -0.405 e. The van der Waals surface area contributed by atoms with Crippen LogP contribution in [-0.4, -0.2) is 19.4 Å². The van der Waals surface area contributed by atoms with Gasteiger partial charge in [-0.05, 0) is 24.3 Å². The van der Waals surface area contributed by atoms with Crippen LogP contribution < -0.4 is 15.4 Å². The molecule has 142 valence electrons. The van der Waals surface area contributed by atoms with Crippen molar-refractivity contribution in [2.75, 3.05) is 7.05 Å². The molecule has 2 N–H and O–H groups in total. The molecule has 2 aromatic rings.